The minimum Gasteiger partial charge on any atom is -0.494 e. The Hall–Kier alpha value is -2.45. The maximum absolute atomic E-state index is 12.5. The van der Waals surface area contributed by atoms with Crippen LogP contribution >= 0.6 is 11.3 Å². The van der Waals surface area contributed by atoms with Crippen molar-refractivity contribution in [2.45, 2.75) is 13.3 Å². The molecule has 2 aromatic rings. The Balaban J connectivity index is 2.11. The number of carbonyl (C=O) groups is 2. The van der Waals surface area contributed by atoms with E-state index in [-0.39, 0.29) is 18.8 Å². The monoisotopic (exact) mass is 378 g/mol. The number of carboxylic acids is 1. The summed E-state index contributed by atoms with van der Waals surface area (Å²) in [6.45, 7) is 2.77. The lowest BCUT2D eigenvalue weighted by Gasteiger charge is -2.18. The fourth-order valence-electron chi connectivity index (χ4n) is 2.20. The average Bonchev–Trinajstić information content (AvgIpc) is 3.13. The van der Waals surface area contributed by atoms with E-state index in [1.165, 1.54) is 23.3 Å². The molecule has 1 N–H and O–H groups in total. The number of thiazole rings is 1. The molecule has 1 aromatic carbocycles. The second-order valence-corrected chi connectivity index (χ2v) is 6.38. The van der Waals surface area contributed by atoms with Crippen LogP contribution < -0.4 is 4.74 Å². The van der Waals surface area contributed by atoms with Gasteiger partial charge in [-0.1, -0.05) is 6.92 Å². The van der Waals surface area contributed by atoms with Crippen molar-refractivity contribution in [3.8, 4) is 16.3 Å². The van der Waals surface area contributed by atoms with E-state index >= 15 is 0 Å². The molecule has 1 amide bonds. The molecular weight excluding hydrogens is 356 g/mol. The zero-order valence-corrected chi connectivity index (χ0v) is 15.6. The summed E-state index contributed by atoms with van der Waals surface area (Å²) in [6.07, 6.45) is 0.940. The van der Waals surface area contributed by atoms with Crippen molar-refractivity contribution in [3.63, 3.8) is 0 Å². The molecule has 0 saturated heterocycles. The molecule has 0 atom stereocenters. The highest BCUT2D eigenvalue weighted by atomic mass is 32.1. The van der Waals surface area contributed by atoms with Gasteiger partial charge >= 0.3 is 5.97 Å². The lowest BCUT2D eigenvalue weighted by molar-refractivity contribution is -0.137. The summed E-state index contributed by atoms with van der Waals surface area (Å²) in [7, 11) is 1.50. The first-order valence-electron chi connectivity index (χ1n) is 8.24. The number of nitrogens with zero attached hydrogens (tertiary/aromatic N) is 2. The summed E-state index contributed by atoms with van der Waals surface area (Å²) in [5, 5.41) is 11.3. The van der Waals surface area contributed by atoms with Gasteiger partial charge in [0.1, 0.15) is 23.0 Å². The number of carboxylic acid groups (broad SMARTS) is 1. The summed E-state index contributed by atoms with van der Waals surface area (Å²) in [5.41, 5.74) is 1.10. The number of hydrogen-bond donors (Lipinski definition) is 1. The minimum atomic E-state index is -1.08. The number of carbonyl (C=O) groups excluding carboxylic acids is 1. The smallest absolute Gasteiger partial charge is 0.323 e. The van der Waals surface area contributed by atoms with Crippen molar-refractivity contribution in [2.24, 2.45) is 0 Å². The number of methoxy groups -OCH3 is 1. The van der Waals surface area contributed by atoms with Gasteiger partial charge in [0, 0.05) is 24.6 Å². The Labute approximate surface area is 156 Å². The van der Waals surface area contributed by atoms with Gasteiger partial charge in [-0.2, -0.15) is 0 Å². The summed E-state index contributed by atoms with van der Waals surface area (Å²) >= 11 is 1.34. The van der Waals surface area contributed by atoms with Gasteiger partial charge in [0.2, 0.25) is 0 Å². The molecule has 0 radical (unpaired) electrons. The summed E-state index contributed by atoms with van der Waals surface area (Å²) in [6, 6.07) is 7.50. The van der Waals surface area contributed by atoms with Crippen LogP contribution in [-0.2, 0) is 9.53 Å². The highest BCUT2D eigenvalue weighted by Crippen LogP contribution is 2.26. The lowest BCUT2D eigenvalue weighted by atomic mass is 10.2. The molecule has 0 unspecified atom stereocenters. The molecule has 2 rings (SSSR count). The molecule has 0 fully saturated rings. The van der Waals surface area contributed by atoms with Crippen LogP contribution in [0.5, 0.6) is 5.75 Å². The van der Waals surface area contributed by atoms with E-state index in [9.17, 15) is 9.59 Å². The molecule has 0 aliphatic rings. The number of rotatable bonds is 10. The zero-order chi connectivity index (χ0) is 18.9. The standard InChI is InChI=1S/C18H22N2O5S/c1-3-9-25-14-6-4-13(5-7-14)17-19-15(12-26-17)18(23)20(8-10-24-2)11-16(21)22/h4-7,12H,3,8-11H2,1-2H3,(H,21,22). The number of aromatic nitrogens is 1. The van der Waals surface area contributed by atoms with Gasteiger partial charge in [-0.3, -0.25) is 9.59 Å². The number of benzene rings is 1. The predicted molar refractivity (Wildman–Crippen MR) is 98.8 cm³/mol. The minimum absolute atomic E-state index is 0.192. The molecule has 26 heavy (non-hydrogen) atoms. The first-order chi connectivity index (χ1) is 12.5. The molecule has 0 bridgehead atoms. The fraction of sp³-hybridized carbons (Fsp3) is 0.389. The van der Waals surface area contributed by atoms with Crippen LogP contribution in [0, 0.1) is 0 Å². The van der Waals surface area contributed by atoms with E-state index in [2.05, 4.69) is 4.98 Å². The second kappa shape index (κ2) is 9.88. The van der Waals surface area contributed by atoms with Gasteiger partial charge in [-0.05, 0) is 30.7 Å². The van der Waals surface area contributed by atoms with Gasteiger partial charge in [-0.25, -0.2) is 4.98 Å². The van der Waals surface area contributed by atoms with Gasteiger partial charge < -0.3 is 19.5 Å². The Kier molecular flexibility index (Phi) is 7.55. The van der Waals surface area contributed by atoms with Crippen molar-refractivity contribution in [3.05, 3.63) is 35.3 Å². The first-order valence-corrected chi connectivity index (χ1v) is 9.12. The van der Waals surface area contributed by atoms with Crippen molar-refractivity contribution in [1.29, 1.82) is 0 Å². The molecule has 7 nitrogen and oxygen atoms in total. The predicted octanol–water partition coefficient (Wildman–Crippen LogP) is 2.77. The van der Waals surface area contributed by atoms with Crippen LogP contribution in [0.3, 0.4) is 0 Å². The zero-order valence-electron chi connectivity index (χ0n) is 14.8. The molecule has 1 aromatic heterocycles. The second-order valence-electron chi connectivity index (χ2n) is 5.52. The van der Waals surface area contributed by atoms with Gasteiger partial charge in [0.15, 0.2) is 0 Å². The maximum Gasteiger partial charge on any atom is 0.323 e. The Morgan fingerprint density at radius 1 is 1.23 bits per heavy atom. The van der Waals surface area contributed by atoms with E-state index in [4.69, 9.17) is 14.6 Å². The van der Waals surface area contributed by atoms with E-state index in [0.717, 1.165) is 17.7 Å². The normalized spacial score (nSPS) is 10.5. The highest BCUT2D eigenvalue weighted by Gasteiger charge is 2.21. The molecule has 140 valence electrons. The largest absolute Gasteiger partial charge is 0.494 e. The fourth-order valence-corrected chi connectivity index (χ4v) is 3.00. The molecule has 8 heteroatoms. The molecule has 0 spiro atoms. The SMILES string of the molecule is CCCOc1ccc(-c2nc(C(=O)N(CCOC)CC(=O)O)cs2)cc1. The van der Waals surface area contributed by atoms with Crippen LogP contribution in [0.25, 0.3) is 10.6 Å². The van der Waals surface area contributed by atoms with Crippen molar-refractivity contribution in [2.75, 3.05) is 33.4 Å². The first kappa shape index (κ1) is 19.9. The average molecular weight is 378 g/mol. The Morgan fingerprint density at radius 2 is 1.96 bits per heavy atom. The third-order valence-corrected chi connectivity index (χ3v) is 4.37. The van der Waals surface area contributed by atoms with E-state index < -0.39 is 18.4 Å². The Morgan fingerprint density at radius 3 is 2.58 bits per heavy atom. The number of amides is 1. The van der Waals surface area contributed by atoms with E-state index in [0.29, 0.717) is 11.6 Å². The molecule has 0 aliphatic carbocycles. The van der Waals surface area contributed by atoms with Crippen LogP contribution in [0.4, 0.5) is 0 Å². The highest BCUT2D eigenvalue weighted by molar-refractivity contribution is 7.13. The third kappa shape index (κ3) is 5.53. The third-order valence-electron chi connectivity index (χ3n) is 3.48. The van der Waals surface area contributed by atoms with Crippen LogP contribution in [0.2, 0.25) is 0 Å². The summed E-state index contributed by atoms with van der Waals surface area (Å²) in [5.74, 6) is -0.710. The summed E-state index contributed by atoms with van der Waals surface area (Å²) in [4.78, 5) is 29.1. The Bertz CT molecular complexity index is 729. The van der Waals surface area contributed by atoms with Crippen LogP contribution in [0.1, 0.15) is 23.8 Å². The van der Waals surface area contributed by atoms with Gasteiger partial charge in [0.05, 0.1) is 13.2 Å². The topological polar surface area (TPSA) is 89.0 Å². The van der Waals surface area contributed by atoms with E-state index in [1.807, 2.05) is 31.2 Å². The van der Waals surface area contributed by atoms with Crippen LogP contribution in [0.15, 0.2) is 29.6 Å². The summed E-state index contributed by atoms with van der Waals surface area (Å²) < 4.78 is 10.5. The van der Waals surface area contributed by atoms with Crippen molar-refractivity contribution < 1.29 is 24.2 Å². The molecular formula is C18H22N2O5S. The van der Waals surface area contributed by atoms with Crippen LogP contribution in [-0.4, -0.2) is 60.3 Å². The van der Waals surface area contributed by atoms with Gasteiger partial charge in [0.25, 0.3) is 5.91 Å². The number of aliphatic carboxylic acids is 1. The molecule has 1 heterocycles. The number of ether oxygens (including phenoxy) is 2. The van der Waals surface area contributed by atoms with Gasteiger partial charge in [-0.15, -0.1) is 11.3 Å². The van der Waals surface area contributed by atoms with Crippen molar-refractivity contribution >= 4 is 23.2 Å². The molecule has 0 aliphatic heterocycles. The molecule has 0 saturated carbocycles. The lowest BCUT2D eigenvalue weighted by Crippen LogP contribution is -2.38. The quantitative estimate of drug-likeness (QED) is 0.684. The number of hydrogen-bond acceptors (Lipinski definition) is 6. The van der Waals surface area contributed by atoms with E-state index in [1.54, 1.807) is 5.38 Å². The maximum atomic E-state index is 12.5. The van der Waals surface area contributed by atoms with Crippen molar-refractivity contribution in [1.82, 2.24) is 9.88 Å².